The molecule has 3 rings (SSSR count). The number of hydrogen-bond donors (Lipinski definition) is 0. The molecular weight excluding hydrogens is 520 g/mol. The van der Waals surface area contributed by atoms with E-state index in [4.69, 9.17) is 9.47 Å². The average molecular weight is 534 g/mol. The molecule has 0 radical (unpaired) electrons. The van der Waals surface area contributed by atoms with Crippen molar-refractivity contribution in [1.82, 2.24) is 4.98 Å². The SMILES string of the molecule is CC(=O)N(C(C)=O)c1c(Oc2ccc(F)c(C(F)(F)F)c2)ccnc1Oc1ccc(F)c(C(F)(F)F)c1. The number of alkyl halides is 6. The molecule has 2 amide bonds. The van der Waals surface area contributed by atoms with Crippen LogP contribution in [0.1, 0.15) is 25.0 Å². The molecule has 196 valence electrons. The number of halogens is 8. The van der Waals surface area contributed by atoms with Crippen LogP contribution in [0, 0.1) is 11.6 Å². The molecule has 0 aliphatic heterocycles. The average Bonchev–Trinajstić information content (AvgIpc) is 2.76. The summed E-state index contributed by atoms with van der Waals surface area (Å²) in [7, 11) is 0. The van der Waals surface area contributed by atoms with E-state index in [-0.39, 0.29) is 0 Å². The van der Waals surface area contributed by atoms with E-state index in [0.29, 0.717) is 29.2 Å². The van der Waals surface area contributed by atoms with Crippen molar-refractivity contribution in [1.29, 1.82) is 0 Å². The van der Waals surface area contributed by atoms with Gasteiger partial charge in [0.2, 0.25) is 17.7 Å². The molecule has 0 spiro atoms. The molecule has 0 bridgehead atoms. The fourth-order valence-corrected chi connectivity index (χ4v) is 3.13. The summed E-state index contributed by atoms with van der Waals surface area (Å²) in [5.74, 6) is -7.43. The largest absolute Gasteiger partial charge is 0.455 e. The molecule has 2 aromatic carbocycles. The second kappa shape index (κ2) is 10.0. The number of pyridine rings is 1. The van der Waals surface area contributed by atoms with E-state index < -0.39 is 75.7 Å². The smallest absolute Gasteiger partial charge is 0.419 e. The van der Waals surface area contributed by atoms with Crippen LogP contribution in [-0.2, 0) is 21.9 Å². The highest BCUT2D eigenvalue weighted by molar-refractivity contribution is 6.15. The van der Waals surface area contributed by atoms with Crippen molar-refractivity contribution in [2.75, 3.05) is 4.90 Å². The lowest BCUT2D eigenvalue weighted by atomic mass is 10.2. The maximum atomic E-state index is 13.7. The lowest BCUT2D eigenvalue weighted by Crippen LogP contribution is -2.33. The molecule has 0 unspecified atom stereocenters. The maximum absolute atomic E-state index is 13.7. The van der Waals surface area contributed by atoms with Crippen LogP contribution >= 0.6 is 0 Å². The number of carbonyl (C=O) groups excluding carboxylic acids is 2. The first kappa shape index (κ1) is 27.4. The van der Waals surface area contributed by atoms with Crippen LogP contribution in [0.15, 0.2) is 48.7 Å². The van der Waals surface area contributed by atoms with Crippen molar-refractivity contribution in [2.24, 2.45) is 0 Å². The van der Waals surface area contributed by atoms with Gasteiger partial charge < -0.3 is 9.47 Å². The minimum absolute atomic E-state index is 0.301. The summed E-state index contributed by atoms with van der Waals surface area (Å²) in [6.07, 6.45) is -9.22. The second-order valence-electron chi connectivity index (χ2n) is 7.32. The third-order valence-corrected chi connectivity index (χ3v) is 4.64. The second-order valence-corrected chi connectivity index (χ2v) is 7.32. The van der Waals surface area contributed by atoms with Gasteiger partial charge >= 0.3 is 12.4 Å². The zero-order chi connectivity index (χ0) is 27.7. The van der Waals surface area contributed by atoms with Gasteiger partial charge in [-0.3, -0.25) is 9.59 Å². The molecule has 6 nitrogen and oxygen atoms in total. The van der Waals surface area contributed by atoms with Gasteiger partial charge in [0, 0.05) is 26.1 Å². The van der Waals surface area contributed by atoms with Crippen molar-refractivity contribution in [3.63, 3.8) is 0 Å². The van der Waals surface area contributed by atoms with E-state index in [2.05, 4.69) is 4.98 Å². The van der Waals surface area contributed by atoms with Gasteiger partial charge in [-0.05, 0) is 36.4 Å². The van der Waals surface area contributed by atoms with Gasteiger partial charge in [0.05, 0.1) is 11.1 Å². The molecule has 0 fully saturated rings. The Morgan fingerprint density at radius 2 is 1.22 bits per heavy atom. The topological polar surface area (TPSA) is 68.7 Å². The quantitative estimate of drug-likeness (QED) is 0.334. The molecule has 0 aliphatic rings. The van der Waals surface area contributed by atoms with Crippen LogP contribution in [0.5, 0.6) is 23.1 Å². The zero-order valence-corrected chi connectivity index (χ0v) is 18.7. The third-order valence-electron chi connectivity index (χ3n) is 4.64. The number of ether oxygens (including phenoxy) is 2. The first-order valence-electron chi connectivity index (χ1n) is 9.99. The molecule has 37 heavy (non-hydrogen) atoms. The lowest BCUT2D eigenvalue weighted by Gasteiger charge is -2.23. The Kier molecular flexibility index (Phi) is 7.41. The summed E-state index contributed by atoms with van der Waals surface area (Å²) in [5, 5.41) is 0. The van der Waals surface area contributed by atoms with Crippen LogP contribution < -0.4 is 14.4 Å². The van der Waals surface area contributed by atoms with E-state index in [1.54, 1.807) is 0 Å². The first-order chi connectivity index (χ1) is 17.1. The standard InChI is InChI=1S/C23H14F8N2O4/c1-11(34)33(12(2)35)20-19(36-13-3-5-17(24)15(9-13)22(26,27)28)7-8-32-21(20)37-14-4-6-18(25)16(10-14)23(29,30)31/h3-10H,1-2H3. The molecular formula is C23H14F8N2O4. The monoisotopic (exact) mass is 534 g/mol. The Balaban J connectivity index is 2.16. The van der Waals surface area contributed by atoms with E-state index in [9.17, 15) is 44.7 Å². The van der Waals surface area contributed by atoms with Gasteiger partial charge in [-0.25, -0.2) is 18.7 Å². The highest BCUT2D eigenvalue weighted by atomic mass is 19.4. The zero-order valence-electron chi connectivity index (χ0n) is 18.7. The molecule has 14 heteroatoms. The van der Waals surface area contributed by atoms with E-state index in [1.807, 2.05) is 0 Å². The minimum Gasteiger partial charge on any atom is -0.455 e. The Morgan fingerprint density at radius 3 is 1.65 bits per heavy atom. The summed E-state index contributed by atoms with van der Waals surface area (Å²) < 4.78 is 117. The third kappa shape index (κ3) is 6.13. The molecule has 1 aromatic heterocycles. The number of imide groups is 1. The normalized spacial score (nSPS) is 11.7. The number of hydrogen-bond acceptors (Lipinski definition) is 5. The first-order valence-corrected chi connectivity index (χ1v) is 9.99. The molecule has 0 aliphatic carbocycles. The Morgan fingerprint density at radius 1 is 0.757 bits per heavy atom. The molecule has 0 saturated carbocycles. The number of nitrogens with zero attached hydrogens (tertiary/aromatic N) is 2. The van der Waals surface area contributed by atoms with E-state index in [0.717, 1.165) is 38.2 Å². The Labute approximate surface area is 203 Å². The van der Waals surface area contributed by atoms with Crippen molar-refractivity contribution >= 4 is 17.5 Å². The number of benzene rings is 2. The van der Waals surface area contributed by atoms with Gasteiger partial charge in [-0.1, -0.05) is 0 Å². The van der Waals surface area contributed by atoms with Crippen LogP contribution in [-0.4, -0.2) is 16.8 Å². The van der Waals surface area contributed by atoms with Crippen molar-refractivity contribution in [3.8, 4) is 23.1 Å². The van der Waals surface area contributed by atoms with E-state index >= 15 is 0 Å². The van der Waals surface area contributed by atoms with Crippen LogP contribution in [0.25, 0.3) is 0 Å². The Hall–Kier alpha value is -4.23. The van der Waals surface area contributed by atoms with E-state index in [1.165, 1.54) is 0 Å². The van der Waals surface area contributed by atoms with Gasteiger partial charge in [0.1, 0.15) is 23.1 Å². The molecule has 0 saturated heterocycles. The minimum atomic E-state index is -5.09. The predicted octanol–water partition coefficient (Wildman–Crippen LogP) is 6.88. The summed E-state index contributed by atoms with van der Waals surface area (Å²) in [5.41, 5.74) is -3.93. The molecule has 0 atom stereocenters. The van der Waals surface area contributed by atoms with Crippen molar-refractivity contribution < 1.29 is 54.2 Å². The Bertz CT molecular complexity index is 1260. The number of amides is 2. The summed E-state index contributed by atoms with van der Waals surface area (Å²) in [6, 6.07) is 4.22. The molecule has 1 heterocycles. The molecule has 0 N–H and O–H groups in total. The highest BCUT2D eigenvalue weighted by Gasteiger charge is 2.36. The fourth-order valence-electron chi connectivity index (χ4n) is 3.13. The van der Waals surface area contributed by atoms with Gasteiger partial charge in [-0.2, -0.15) is 26.3 Å². The summed E-state index contributed by atoms with van der Waals surface area (Å²) in [6.45, 7) is 1.86. The van der Waals surface area contributed by atoms with Gasteiger partial charge in [0.15, 0.2) is 11.4 Å². The van der Waals surface area contributed by atoms with Crippen LogP contribution in [0.4, 0.5) is 40.8 Å². The van der Waals surface area contributed by atoms with Crippen LogP contribution in [0.3, 0.4) is 0 Å². The number of carbonyl (C=O) groups is 2. The maximum Gasteiger partial charge on any atom is 0.419 e. The number of anilines is 1. The number of rotatable bonds is 5. The predicted molar refractivity (Wildman–Crippen MR) is 111 cm³/mol. The molecule has 3 aromatic rings. The van der Waals surface area contributed by atoms with Crippen molar-refractivity contribution in [2.45, 2.75) is 26.2 Å². The lowest BCUT2D eigenvalue weighted by molar-refractivity contribution is -0.140. The van der Waals surface area contributed by atoms with Gasteiger partial charge in [0.25, 0.3) is 0 Å². The highest BCUT2D eigenvalue weighted by Crippen LogP contribution is 2.43. The van der Waals surface area contributed by atoms with Crippen LogP contribution in [0.2, 0.25) is 0 Å². The fraction of sp³-hybridized carbons (Fsp3) is 0.174. The summed E-state index contributed by atoms with van der Waals surface area (Å²) >= 11 is 0. The van der Waals surface area contributed by atoms with Gasteiger partial charge in [-0.15, -0.1) is 0 Å². The van der Waals surface area contributed by atoms with Crippen molar-refractivity contribution in [3.05, 3.63) is 71.4 Å². The number of aromatic nitrogens is 1. The summed E-state index contributed by atoms with van der Waals surface area (Å²) in [4.78, 5) is 28.7.